The highest BCUT2D eigenvalue weighted by molar-refractivity contribution is 5.86. The van der Waals surface area contributed by atoms with Crippen LogP contribution in [0.4, 0.5) is 10.6 Å². The quantitative estimate of drug-likeness (QED) is 0.734. The summed E-state index contributed by atoms with van der Waals surface area (Å²) < 4.78 is 5.51. The van der Waals surface area contributed by atoms with Crippen molar-refractivity contribution in [3.05, 3.63) is 42.6 Å². The topological polar surface area (TPSA) is 78.9 Å². The van der Waals surface area contributed by atoms with Crippen LogP contribution in [0.3, 0.4) is 0 Å². The second-order valence-corrected chi connectivity index (χ2v) is 9.25. The van der Waals surface area contributed by atoms with Gasteiger partial charge in [0.15, 0.2) is 5.82 Å². The Balaban J connectivity index is 1.37. The van der Waals surface area contributed by atoms with Crippen molar-refractivity contribution in [2.24, 2.45) is 0 Å². The summed E-state index contributed by atoms with van der Waals surface area (Å²) in [6.45, 7) is 8.67. The average molecular weight is 438 g/mol. The van der Waals surface area contributed by atoms with Gasteiger partial charge in [0.05, 0.1) is 0 Å². The molecule has 0 N–H and O–H groups in total. The van der Waals surface area contributed by atoms with Gasteiger partial charge in [-0.25, -0.2) is 14.8 Å². The molecule has 1 atom stereocenters. The third kappa shape index (κ3) is 5.00. The molecule has 1 aromatic carbocycles. The summed E-state index contributed by atoms with van der Waals surface area (Å²) in [4.78, 5) is 40.5. The van der Waals surface area contributed by atoms with Crippen LogP contribution in [0, 0.1) is 0 Å². The van der Waals surface area contributed by atoms with Crippen molar-refractivity contribution in [1.29, 1.82) is 0 Å². The largest absolute Gasteiger partial charge is 0.444 e. The third-order valence-electron chi connectivity index (χ3n) is 5.75. The monoisotopic (exact) mass is 437 g/mol. The predicted octanol–water partition coefficient (Wildman–Crippen LogP) is 3.19. The standard InChI is InChI=1S/C24H31N5O3/c1-24(2,3)32-23(31)29-13-7-10-19(29)22(30)28-16-14-27(15-17-28)20-11-12-25-21(26-20)18-8-5-4-6-9-18/h4-6,8-9,11-12,19H,7,10,13-17H2,1-3H3/t19-/m0/s1. The fourth-order valence-electron chi connectivity index (χ4n) is 4.18. The lowest BCUT2D eigenvalue weighted by atomic mass is 10.1. The molecule has 3 heterocycles. The molecule has 0 radical (unpaired) electrons. The van der Waals surface area contributed by atoms with Gasteiger partial charge in [-0.1, -0.05) is 30.3 Å². The molecule has 8 heteroatoms. The van der Waals surface area contributed by atoms with Gasteiger partial charge in [-0.05, 0) is 39.7 Å². The molecule has 0 spiro atoms. The SMILES string of the molecule is CC(C)(C)OC(=O)N1CCC[C@H]1C(=O)N1CCN(c2ccnc(-c3ccccc3)n2)CC1. The summed E-state index contributed by atoms with van der Waals surface area (Å²) >= 11 is 0. The van der Waals surface area contributed by atoms with Crippen molar-refractivity contribution in [3.63, 3.8) is 0 Å². The fraction of sp³-hybridized carbons (Fsp3) is 0.500. The highest BCUT2D eigenvalue weighted by Gasteiger charge is 2.39. The lowest BCUT2D eigenvalue weighted by molar-refractivity contribution is -0.136. The number of nitrogens with zero attached hydrogens (tertiary/aromatic N) is 5. The third-order valence-corrected chi connectivity index (χ3v) is 5.75. The lowest BCUT2D eigenvalue weighted by Gasteiger charge is -2.38. The first-order valence-corrected chi connectivity index (χ1v) is 11.2. The van der Waals surface area contributed by atoms with Crippen molar-refractivity contribution in [2.45, 2.75) is 45.3 Å². The number of amides is 2. The lowest BCUT2D eigenvalue weighted by Crippen LogP contribution is -2.55. The molecule has 2 fully saturated rings. The molecule has 1 aromatic heterocycles. The summed E-state index contributed by atoms with van der Waals surface area (Å²) in [6, 6.07) is 11.4. The molecule has 2 amide bonds. The number of benzene rings is 1. The van der Waals surface area contributed by atoms with Gasteiger partial charge in [-0.15, -0.1) is 0 Å². The smallest absolute Gasteiger partial charge is 0.410 e. The minimum Gasteiger partial charge on any atom is -0.444 e. The summed E-state index contributed by atoms with van der Waals surface area (Å²) in [7, 11) is 0. The van der Waals surface area contributed by atoms with Gasteiger partial charge in [0.1, 0.15) is 17.5 Å². The number of hydrogen-bond donors (Lipinski definition) is 0. The molecule has 2 aliphatic heterocycles. The predicted molar refractivity (Wildman–Crippen MR) is 122 cm³/mol. The van der Waals surface area contributed by atoms with E-state index in [1.54, 1.807) is 11.1 Å². The first kappa shape index (κ1) is 22.0. The number of ether oxygens (including phenoxy) is 1. The first-order chi connectivity index (χ1) is 15.3. The number of piperazine rings is 1. The zero-order valence-corrected chi connectivity index (χ0v) is 19.0. The summed E-state index contributed by atoms with van der Waals surface area (Å²) in [5.74, 6) is 1.57. The molecule has 0 bridgehead atoms. The highest BCUT2D eigenvalue weighted by Crippen LogP contribution is 2.24. The Morgan fingerprint density at radius 2 is 1.72 bits per heavy atom. The molecule has 4 rings (SSSR count). The molecule has 0 unspecified atom stereocenters. The van der Waals surface area contributed by atoms with Crippen molar-refractivity contribution < 1.29 is 14.3 Å². The molecular formula is C24H31N5O3. The minimum atomic E-state index is -0.574. The Kier molecular flexibility index (Phi) is 6.30. The van der Waals surface area contributed by atoms with E-state index >= 15 is 0 Å². The zero-order valence-electron chi connectivity index (χ0n) is 19.0. The van der Waals surface area contributed by atoms with Gasteiger partial charge in [0.25, 0.3) is 0 Å². The molecule has 0 aliphatic carbocycles. The van der Waals surface area contributed by atoms with Crippen LogP contribution in [-0.4, -0.2) is 76.1 Å². The highest BCUT2D eigenvalue weighted by atomic mass is 16.6. The number of carbonyl (C=O) groups is 2. The maximum Gasteiger partial charge on any atom is 0.410 e. The average Bonchev–Trinajstić information content (AvgIpc) is 3.29. The van der Waals surface area contributed by atoms with E-state index in [0.717, 1.165) is 17.8 Å². The van der Waals surface area contributed by atoms with E-state index in [9.17, 15) is 9.59 Å². The Bertz CT molecular complexity index is 952. The Morgan fingerprint density at radius 1 is 1.00 bits per heavy atom. The van der Waals surface area contributed by atoms with E-state index < -0.39 is 17.7 Å². The normalized spacial score (nSPS) is 19.2. The maximum absolute atomic E-state index is 13.2. The summed E-state index contributed by atoms with van der Waals surface area (Å²) in [5.41, 5.74) is 0.404. The van der Waals surface area contributed by atoms with Crippen LogP contribution in [0.2, 0.25) is 0 Å². The maximum atomic E-state index is 13.2. The van der Waals surface area contributed by atoms with Gasteiger partial charge < -0.3 is 14.5 Å². The Morgan fingerprint density at radius 3 is 2.41 bits per heavy atom. The number of rotatable bonds is 3. The van der Waals surface area contributed by atoms with Crippen LogP contribution in [0.25, 0.3) is 11.4 Å². The van der Waals surface area contributed by atoms with Crippen molar-refractivity contribution >= 4 is 17.8 Å². The molecule has 2 aliphatic rings. The molecule has 2 aromatic rings. The molecular weight excluding hydrogens is 406 g/mol. The van der Waals surface area contributed by atoms with Gasteiger partial charge in [0, 0.05) is 44.5 Å². The Labute approximate surface area is 189 Å². The van der Waals surface area contributed by atoms with E-state index in [2.05, 4.69) is 9.88 Å². The summed E-state index contributed by atoms with van der Waals surface area (Å²) in [6.07, 6.45) is 2.88. The van der Waals surface area contributed by atoms with Crippen molar-refractivity contribution in [3.8, 4) is 11.4 Å². The molecule has 8 nitrogen and oxygen atoms in total. The number of likely N-dealkylation sites (tertiary alicyclic amines) is 1. The van der Waals surface area contributed by atoms with E-state index in [0.29, 0.717) is 45.0 Å². The van der Waals surface area contributed by atoms with Crippen LogP contribution >= 0.6 is 0 Å². The van der Waals surface area contributed by atoms with Gasteiger partial charge in [-0.3, -0.25) is 9.69 Å². The second kappa shape index (κ2) is 9.14. The fourth-order valence-corrected chi connectivity index (χ4v) is 4.18. The van der Waals surface area contributed by atoms with Gasteiger partial charge in [-0.2, -0.15) is 0 Å². The number of carbonyl (C=O) groups excluding carboxylic acids is 2. The van der Waals surface area contributed by atoms with Crippen LogP contribution in [0.5, 0.6) is 0 Å². The summed E-state index contributed by atoms with van der Waals surface area (Å²) in [5, 5.41) is 0. The van der Waals surface area contributed by atoms with Crippen LogP contribution in [0.15, 0.2) is 42.6 Å². The Hall–Kier alpha value is -3.16. The van der Waals surface area contributed by atoms with Crippen molar-refractivity contribution in [1.82, 2.24) is 19.8 Å². The second-order valence-electron chi connectivity index (χ2n) is 9.25. The van der Waals surface area contributed by atoms with Gasteiger partial charge in [0.2, 0.25) is 5.91 Å². The van der Waals surface area contributed by atoms with E-state index in [1.165, 1.54) is 0 Å². The first-order valence-electron chi connectivity index (χ1n) is 11.2. The van der Waals surface area contributed by atoms with Crippen LogP contribution < -0.4 is 4.90 Å². The number of hydrogen-bond acceptors (Lipinski definition) is 6. The molecule has 170 valence electrons. The van der Waals surface area contributed by atoms with Crippen LogP contribution in [-0.2, 0) is 9.53 Å². The van der Waals surface area contributed by atoms with Crippen LogP contribution in [0.1, 0.15) is 33.6 Å². The molecule has 2 saturated heterocycles. The minimum absolute atomic E-state index is 0.0145. The molecule has 0 saturated carbocycles. The number of aromatic nitrogens is 2. The van der Waals surface area contributed by atoms with Gasteiger partial charge >= 0.3 is 6.09 Å². The number of anilines is 1. The molecule has 32 heavy (non-hydrogen) atoms. The van der Waals surface area contributed by atoms with E-state index in [4.69, 9.17) is 9.72 Å². The van der Waals surface area contributed by atoms with Crippen molar-refractivity contribution in [2.75, 3.05) is 37.6 Å². The van der Waals surface area contributed by atoms with E-state index in [-0.39, 0.29) is 5.91 Å². The van der Waals surface area contributed by atoms with E-state index in [1.807, 2.05) is 62.1 Å². The zero-order chi connectivity index (χ0) is 22.7.